The van der Waals surface area contributed by atoms with Crippen LogP contribution in [0.1, 0.15) is 17.5 Å². The number of benzene rings is 3. The standard InChI is InChI=1S/C29H32ClF3N4O.2ClH/c1-36(19-23-5-2-3-6-27(23)30)16-14-35-18-21-7-12-28-25(17-21)26(20-37(28)15-4-13-34)22-8-10-24(11-9-22)38-29(31,32)33;;/h2-3,5-12,17,20,35H,4,13-16,18-19,34H2,1H3;2*1H. The number of likely N-dealkylation sites (N-methyl/N-ethyl adjacent to an activating group) is 1. The number of nitrogens with one attached hydrogen (secondary N) is 1. The maximum absolute atomic E-state index is 12.6. The first kappa shape index (κ1) is 33.7. The van der Waals surface area contributed by atoms with Crippen LogP contribution in [0.4, 0.5) is 13.2 Å². The van der Waals surface area contributed by atoms with Gasteiger partial charge in [-0.3, -0.25) is 0 Å². The van der Waals surface area contributed by atoms with Crippen molar-refractivity contribution in [1.82, 2.24) is 14.8 Å². The molecular formula is C29H34Cl3F3N4O. The maximum atomic E-state index is 12.6. The van der Waals surface area contributed by atoms with Crippen molar-refractivity contribution in [3.05, 3.63) is 89.1 Å². The average molecular weight is 618 g/mol. The van der Waals surface area contributed by atoms with Crippen LogP contribution in [-0.4, -0.2) is 42.5 Å². The summed E-state index contributed by atoms with van der Waals surface area (Å²) >= 11 is 6.28. The minimum absolute atomic E-state index is 0. The molecular weight excluding hydrogens is 584 g/mol. The Morgan fingerprint density at radius 3 is 2.42 bits per heavy atom. The Morgan fingerprint density at radius 1 is 1.02 bits per heavy atom. The molecule has 1 heterocycles. The minimum Gasteiger partial charge on any atom is -0.406 e. The van der Waals surface area contributed by atoms with E-state index >= 15 is 0 Å². The predicted molar refractivity (Wildman–Crippen MR) is 162 cm³/mol. The highest BCUT2D eigenvalue weighted by Crippen LogP contribution is 2.33. The normalized spacial score (nSPS) is 11.4. The Labute approximate surface area is 250 Å². The number of rotatable bonds is 12. The molecule has 0 atom stereocenters. The highest BCUT2D eigenvalue weighted by molar-refractivity contribution is 6.31. The largest absolute Gasteiger partial charge is 0.573 e. The Balaban J connectivity index is 0.00000280. The van der Waals surface area contributed by atoms with E-state index in [0.29, 0.717) is 13.1 Å². The third kappa shape index (κ3) is 9.29. The van der Waals surface area contributed by atoms with Crippen LogP contribution >= 0.6 is 36.4 Å². The van der Waals surface area contributed by atoms with Gasteiger partial charge in [0.05, 0.1) is 0 Å². The number of nitrogens with two attached hydrogens (primary N) is 1. The van der Waals surface area contributed by atoms with Crippen molar-refractivity contribution in [1.29, 1.82) is 0 Å². The van der Waals surface area contributed by atoms with E-state index in [0.717, 1.165) is 70.8 Å². The van der Waals surface area contributed by atoms with Gasteiger partial charge in [-0.2, -0.15) is 0 Å². The Morgan fingerprint density at radius 2 is 1.75 bits per heavy atom. The summed E-state index contributed by atoms with van der Waals surface area (Å²) in [5.74, 6) is -0.238. The summed E-state index contributed by atoms with van der Waals surface area (Å²) in [6.45, 7) is 4.48. The first-order valence-corrected chi connectivity index (χ1v) is 12.9. The zero-order valence-electron chi connectivity index (χ0n) is 22.1. The van der Waals surface area contributed by atoms with Gasteiger partial charge in [0.1, 0.15) is 5.75 Å². The zero-order chi connectivity index (χ0) is 27.1. The second-order valence-electron chi connectivity index (χ2n) is 9.31. The molecule has 0 saturated carbocycles. The fourth-order valence-corrected chi connectivity index (χ4v) is 4.66. The van der Waals surface area contributed by atoms with Crippen molar-refractivity contribution in [2.75, 3.05) is 26.7 Å². The lowest BCUT2D eigenvalue weighted by Crippen LogP contribution is -2.28. The van der Waals surface area contributed by atoms with Crippen molar-refractivity contribution in [2.45, 2.75) is 32.4 Å². The molecule has 0 aliphatic carbocycles. The molecule has 0 spiro atoms. The Hall–Kier alpha value is -2.46. The zero-order valence-corrected chi connectivity index (χ0v) is 24.5. The van der Waals surface area contributed by atoms with E-state index in [2.05, 4.69) is 44.8 Å². The minimum atomic E-state index is -4.72. The van der Waals surface area contributed by atoms with E-state index in [9.17, 15) is 13.2 Å². The molecule has 3 N–H and O–H groups in total. The summed E-state index contributed by atoms with van der Waals surface area (Å²) in [6.07, 6.45) is -1.85. The molecule has 40 heavy (non-hydrogen) atoms. The van der Waals surface area contributed by atoms with Gasteiger partial charge in [0, 0.05) is 60.4 Å². The highest BCUT2D eigenvalue weighted by Gasteiger charge is 2.31. The van der Waals surface area contributed by atoms with Crippen LogP contribution in [0, 0.1) is 0 Å². The molecule has 0 aliphatic heterocycles. The van der Waals surface area contributed by atoms with Crippen LogP contribution in [-0.2, 0) is 19.6 Å². The maximum Gasteiger partial charge on any atom is 0.573 e. The van der Waals surface area contributed by atoms with E-state index in [1.54, 1.807) is 12.1 Å². The summed E-state index contributed by atoms with van der Waals surface area (Å²) in [6, 6.07) is 20.2. The third-order valence-corrected chi connectivity index (χ3v) is 6.71. The predicted octanol–water partition coefficient (Wildman–Crippen LogP) is 7.27. The van der Waals surface area contributed by atoms with Gasteiger partial charge in [-0.25, -0.2) is 0 Å². The summed E-state index contributed by atoms with van der Waals surface area (Å²) in [5, 5.41) is 5.32. The number of aromatic nitrogens is 1. The van der Waals surface area contributed by atoms with Gasteiger partial charge in [0.15, 0.2) is 0 Å². The van der Waals surface area contributed by atoms with Gasteiger partial charge in [-0.05, 0) is 67.0 Å². The molecule has 0 aliphatic rings. The molecule has 0 bridgehead atoms. The number of hydrogen-bond acceptors (Lipinski definition) is 4. The molecule has 11 heteroatoms. The lowest BCUT2D eigenvalue weighted by Gasteiger charge is -2.18. The molecule has 0 amide bonds. The van der Waals surface area contributed by atoms with Gasteiger partial charge in [0.2, 0.25) is 0 Å². The molecule has 0 unspecified atom stereocenters. The molecule has 3 aromatic carbocycles. The van der Waals surface area contributed by atoms with Gasteiger partial charge in [-0.15, -0.1) is 38.0 Å². The molecule has 0 radical (unpaired) electrons. The smallest absolute Gasteiger partial charge is 0.406 e. The lowest BCUT2D eigenvalue weighted by molar-refractivity contribution is -0.274. The number of aryl methyl sites for hydroxylation is 1. The summed E-state index contributed by atoms with van der Waals surface area (Å²) in [5.41, 5.74) is 10.8. The molecule has 5 nitrogen and oxygen atoms in total. The van der Waals surface area contributed by atoms with E-state index < -0.39 is 6.36 Å². The molecule has 1 aromatic heterocycles. The van der Waals surface area contributed by atoms with Crippen molar-refractivity contribution in [2.24, 2.45) is 5.73 Å². The van der Waals surface area contributed by atoms with Crippen LogP contribution < -0.4 is 15.8 Å². The second kappa shape index (κ2) is 15.5. The fourth-order valence-electron chi connectivity index (χ4n) is 4.47. The average Bonchev–Trinajstić information content (AvgIpc) is 3.24. The van der Waals surface area contributed by atoms with Gasteiger partial charge in [-0.1, -0.05) is 48.0 Å². The van der Waals surface area contributed by atoms with E-state index in [4.69, 9.17) is 17.3 Å². The lowest BCUT2D eigenvalue weighted by atomic mass is 10.0. The van der Waals surface area contributed by atoms with E-state index in [1.807, 2.05) is 30.5 Å². The quantitative estimate of drug-likeness (QED) is 0.164. The van der Waals surface area contributed by atoms with E-state index in [1.165, 1.54) is 12.1 Å². The van der Waals surface area contributed by atoms with Crippen molar-refractivity contribution < 1.29 is 17.9 Å². The van der Waals surface area contributed by atoms with Gasteiger partial charge in [0.25, 0.3) is 0 Å². The number of alkyl halides is 3. The van der Waals surface area contributed by atoms with Crippen molar-refractivity contribution in [3.8, 4) is 16.9 Å². The van der Waals surface area contributed by atoms with Gasteiger partial charge < -0.3 is 25.3 Å². The summed E-state index contributed by atoms with van der Waals surface area (Å²) in [4.78, 5) is 2.22. The molecule has 0 fully saturated rings. The first-order valence-electron chi connectivity index (χ1n) is 12.5. The number of hydrogen-bond donors (Lipinski definition) is 2. The van der Waals surface area contributed by atoms with Crippen LogP contribution in [0.2, 0.25) is 5.02 Å². The van der Waals surface area contributed by atoms with Crippen LogP contribution in [0.5, 0.6) is 5.75 Å². The van der Waals surface area contributed by atoms with E-state index in [-0.39, 0.29) is 30.6 Å². The highest BCUT2D eigenvalue weighted by atomic mass is 35.5. The SMILES string of the molecule is CN(CCNCc1ccc2c(c1)c(-c1ccc(OC(F)(F)F)cc1)cn2CCCN)Cc1ccccc1Cl.Cl.Cl. The Kier molecular flexibility index (Phi) is 13.1. The number of fused-ring (bicyclic) bond motifs is 1. The summed E-state index contributed by atoms with van der Waals surface area (Å²) < 4.78 is 43.9. The van der Waals surface area contributed by atoms with Gasteiger partial charge >= 0.3 is 6.36 Å². The number of ether oxygens (including phenoxy) is 1. The van der Waals surface area contributed by atoms with Crippen LogP contribution in [0.15, 0.2) is 72.9 Å². The third-order valence-electron chi connectivity index (χ3n) is 6.35. The Bertz CT molecular complexity index is 1350. The monoisotopic (exact) mass is 616 g/mol. The molecule has 4 rings (SSSR count). The van der Waals surface area contributed by atoms with Crippen LogP contribution in [0.25, 0.3) is 22.0 Å². The van der Waals surface area contributed by atoms with Crippen LogP contribution in [0.3, 0.4) is 0 Å². The van der Waals surface area contributed by atoms with Crippen molar-refractivity contribution in [3.63, 3.8) is 0 Å². The first-order chi connectivity index (χ1) is 18.2. The molecule has 0 saturated heterocycles. The topological polar surface area (TPSA) is 55.5 Å². The number of nitrogens with zero attached hydrogens (tertiary/aromatic N) is 2. The molecule has 218 valence electrons. The number of halogens is 6. The summed E-state index contributed by atoms with van der Waals surface area (Å²) in [7, 11) is 2.07. The fraction of sp³-hybridized carbons (Fsp3) is 0.310. The second-order valence-corrected chi connectivity index (χ2v) is 9.72. The molecule has 4 aromatic rings. The van der Waals surface area contributed by atoms with Crippen molar-refractivity contribution >= 4 is 47.3 Å².